The fourth-order valence-corrected chi connectivity index (χ4v) is 5.35. The molecule has 0 radical (unpaired) electrons. The van der Waals surface area contributed by atoms with Crippen molar-refractivity contribution >= 4 is 29.7 Å². The van der Waals surface area contributed by atoms with Crippen LogP contribution in [-0.4, -0.2) is 5.45 Å². The van der Waals surface area contributed by atoms with Crippen LogP contribution in [0.4, 0.5) is 5.69 Å². The van der Waals surface area contributed by atoms with Gasteiger partial charge in [0.05, 0.1) is 11.1 Å². The van der Waals surface area contributed by atoms with Crippen LogP contribution in [0.25, 0.3) is 0 Å². The smallest absolute Gasteiger partial charge is 0.0800 e. The van der Waals surface area contributed by atoms with E-state index in [1.165, 1.54) is 16.2 Å². The second kappa shape index (κ2) is 8.58. The molecule has 0 aliphatic rings. The third-order valence-corrected chi connectivity index (χ3v) is 6.67. The van der Waals surface area contributed by atoms with Gasteiger partial charge >= 0.3 is 0 Å². The fraction of sp³-hybridized carbons (Fsp3) is 0. The molecular formula is C25H20NP. The van der Waals surface area contributed by atoms with Crippen LogP contribution in [0.15, 0.2) is 126 Å². The zero-order valence-electron chi connectivity index (χ0n) is 14.9. The van der Waals surface area contributed by atoms with Crippen LogP contribution in [0, 0.1) is 0 Å². The molecule has 0 heterocycles. The molecule has 4 aromatic rings. The van der Waals surface area contributed by atoms with Crippen LogP contribution in [0.2, 0.25) is 0 Å². The zero-order valence-corrected chi connectivity index (χ0v) is 15.8. The molecule has 0 aromatic heterocycles. The summed E-state index contributed by atoms with van der Waals surface area (Å²) < 4.78 is 0. The maximum atomic E-state index is 5.13. The molecule has 4 aromatic carbocycles. The van der Waals surface area contributed by atoms with Crippen molar-refractivity contribution in [3.8, 4) is 0 Å². The molecule has 0 aliphatic heterocycles. The minimum absolute atomic E-state index is 0.764. The van der Waals surface area contributed by atoms with E-state index in [9.17, 15) is 0 Å². The molecule has 4 rings (SSSR count). The third-order valence-electron chi connectivity index (χ3n) is 4.26. The van der Waals surface area contributed by atoms with E-state index in [4.69, 9.17) is 4.99 Å². The summed E-state index contributed by atoms with van der Waals surface area (Å²) in [7, 11) is -0.764. The second-order valence-corrected chi connectivity index (χ2v) is 8.27. The molecule has 130 valence electrons. The number of para-hydroxylation sites is 1. The second-order valence-electron chi connectivity index (χ2n) is 6.14. The van der Waals surface area contributed by atoms with Gasteiger partial charge in [0.15, 0.2) is 0 Å². The van der Waals surface area contributed by atoms with Crippen molar-refractivity contribution in [3.63, 3.8) is 0 Å². The van der Waals surface area contributed by atoms with E-state index in [1.807, 2.05) is 18.2 Å². The monoisotopic (exact) mass is 365 g/mol. The average molecular weight is 365 g/mol. The number of rotatable bonds is 5. The highest BCUT2D eigenvalue weighted by Crippen LogP contribution is 2.40. The predicted octanol–water partition coefficient (Wildman–Crippen LogP) is 5.90. The van der Waals surface area contributed by atoms with Gasteiger partial charge in [0.2, 0.25) is 0 Å². The van der Waals surface area contributed by atoms with Crippen LogP contribution in [-0.2, 0) is 0 Å². The lowest BCUT2D eigenvalue weighted by Crippen LogP contribution is -2.18. The summed E-state index contributed by atoms with van der Waals surface area (Å²) in [5.41, 5.74) is 3.27. The molecule has 1 nitrogen and oxygen atoms in total. The van der Waals surface area contributed by atoms with Gasteiger partial charge in [-0.1, -0.05) is 109 Å². The van der Waals surface area contributed by atoms with Gasteiger partial charge < -0.3 is 0 Å². The molecule has 0 amide bonds. The molecule has 0 saturated heterocycles. The summed E-state index contributed by atoms with van der Waals surface area (Å²) in [5.74, 6) is 0. The minimum atomic E-state index is -0.764. The van der Waals surface area contributed by atoms with Gasteiger partial charge in [0.25, 0.3) is 0 Å². The van der Waals surface area contributed by atoms with Crippen LogP contribution in [0.1, 0.15) is 5.56 Å². The quantitative estimate of drug-likeness (QED) is 0.308. The van der Waals surface area contributed by atoms with Gasteiger partial charge in [-0.05, 0) is 22.7 Å². The van der Waals surface area contributed by atoms with Crippen LogP contribution in [0.3, 0.4) is 0 Å². The SMILES string of the molecule is c1ccc(N=C(c2ccccc2)P(c2ccccc2)c2ccccc2)cc1. The molecular weight excluding hydrogens is 345 g/mol. The van der Waals surface area contributed by atoms with Crippen molar-refractivity contribution in [2.24, 2.45) is 4.99 Å². The van der Waals surface area contributed by atoms with Crippen molar-refractivity contribution in [2.45, 2.75) is 0 Å². The highest BCUT2D eigenvalue weighted by atomic mass is 31.1. The van der Waals surface area contributed by atoms with E-state index in [0.29, 0.717) is 0 Å². The Morgan fingerprint density at radius 2 is 0.889 bits per heavy atom. The molecule has 0 spiro atoms. The van der Waals surface area contributed by atoms with Gasteiger partial charge in [0.1, 0.15) is 0 Å². The van der Waals surface area contributed by atoms with Gasteiger partial charge in [-0.15, -0.1) is 0 Å². The summed E-state index contributed by atoms with van der Waals surface area (Å²) in [6.45, 7) is 0. The van der Waals surface area contributed by atoms with Crippen molar-refractivity contribution in [1.82, 2.24) is 0 Å². The predicted molar refractivity (Wildman–Crippen MR) is 118 cm³/mol. The van der Waals surface area contributed by atoms with E-state index in [1.54, 1.807) is 0 Å². The highest BCUT2D eigenvalue weighted by Gasteiger charge is 2.21. The number of aliphatic imine (C=N–C) groups is 1. The summed E-state index contributed by atoms with van der Waals surface area (Å²) >= 11 is 0. The minimum Gasteiger partial charge on any atom is -0.247 e. The summed E-state index contributed by atoms with van der Waals surface area (Å²) in [6.07, 6.45) is 0. The Kier molecular flexibility index (Phi) is 5.53. The molecule has 0 saturated carbocycles. The van der Waals surface area contributed by atoms with Gasteiger partial charge in [-0.3, -0.25) is 0 Å². The van der Waals surface area contributed by atoms with Crippen molar-refractivity contribution in [1.29, 1.82) is 0 Å². The van der Waals surface area contributed by atoms with Crippen LogP contribution < -0.4 is 10.6 Å². The van der Waals surface area contributed by atoms with Crippen LogP contribution in [0.5, 0.6) is 0 Å². The molecule has 0 fully saturated rings. The summed E-state index contributed by atoms with van der Waals surface area (Å²) in [4.78, 5) is 5.13. The largest absolute Gasteiger partial charge is 0.247 e. The van der Waals surface area contributed by atoms with Gasteiger partial charge in [0, 0.05) is 13.5 Å². The van der Waals surface area contributed by atoms with Crippen molar-refractivity contribution in [2.75, 3.05) is 0 Å². The zero-order chi connectivity index (χ0) is 18.3. The maximum Gasteiger partial charge on any atom is 0.0800 e. The maximum absolute atomic E-state index is 5.13. The van der Waals surface area contributed by atoms with Crippen molar-refractivity contribution in [3.05, 3.63) is 127 Å². The van der Waals surface area contributed by atoms with E-state index in [0.717, 1.165) is 11.1 Å². The van der Waals surface area contributed by atoms with Crippen molar-refractivity contribution < 1.29 is 0 Å². The molecule has 0 atom stereocenters. The lowest BCUT2D eigenvalue weighted by Gasteiger charge is -2.21. The van der Waals surface area contributed by atoms with E-state index >= 15 is 0 Å². The first-order chi connectivity index (χ1) is 13.4. The Morgan fingerprint density at radius 1 is 0.481 bits per heavy atom. The Labute approximate surface area is 161 Å². The average Bonchev–Trinajstić information content (AvgIpc) is 2.76. The molecule has 27 heavy (non-hydrogen) atoms. The summed E-state index contributed by atoms with van der Waals surface area (Å²) in [5, 5.41) is 2.61. The van der Waals surface area contributed by atoms with Gasteiger partial charge in [-0.2, -0.15) is 0 Å². The number of hydrogen-bond donors (Lipinski definition) is 0. The Balaban J connectivity index is 1.93. The topological polar surface area (TPSA) is 12.4 Å². The van der Waals surface area contributed by atoms with E-state index in [2.05, 4.69) is 103 Å². The first-order valence-corrected chi connectivity index (χ1v) is 10.4. The Hall–Kier alpha value is -3.02. The molecule has 0 aliphatic carbocycles. The summed E-state index contributed by atoms with van der Waals surface area (Å²) in [6, 6.07) is 42.2. The fourth-order valence-electron chi connectivity index (χ4n) is 3.00. The number of hydrogen-bond acceptors (Lipinski definition) is 1. The first-order valence-electron chi connectivity index (χ1n) is 9.01. The normalized spacial score (nSPS) is 11.5. The Bertz CT molecular complexity index is 958. The van der Waals surface area contributed by atoms with E-state index in [-0.39, 0.29) is 0 Å². The lowest BCUT2D eigenvalue weighted by molar-refractivity contribution is 1.52. The van der Waals surface area contributed by atoms with Gasteiger partial charge in [-0.25, -0.2) is 4.99 Å². The first kappa shape index (κ1) is 17.4. The number of nitrogens with zero attached hydrogens (tertiary/aromatic N) is 1. The molecule has 0 bridgehead atoms. The molecule has 0 unspecified atom stereocenters. The third kappa shape index (κ3) is 4.22. The van der Waals surface area contributed by atoms with E-state index < -0.39 is 7.92 Å². The highest BCUT2D eigenvalue weighted by molar-refractivity contribution is 7.88. The Morgan fingerprint density at radius 3 is 1.37 bits per heavy atom. The lowest BCUT2D eigenvalue weighted by atomic mass is 10.2. The molecule has 0 N–H and O–H groups in total. The van der Waals surface area contributed by atoms with Crippen LogP contribution >= 0.6 is 7.92 Å². The number of benzene rings is 4. The molecule has 2 heteroatoms. The standard InChI is InChI=1S/C25H20NP/c1-5-13-21(14-6-1)25(26-22-15-7-2-8-16-22)27(23-17-9-3-10-18-23)24-19-11-4-12-20-24/h1-20H.